The molecule has 0 unspecified atom stereocenters. The molecule has 2 aliphatic heterocycles. The van der Waals surface area contributed by atoms with Crippen LogP contribution in [-0.2, 0) is 14.8 Å². The number of fused-ring (bicyclic) bond motifs is 1. The second-order valence-electron chi connectivity index (χ2n) is 6.86. The van der Waals surface area contributed by atoms with Gasteiger partial charge < -0.3 is 5.32 Å². The highest BCUT2D eigenvalue weighted by atomic mass is 32.2. The Bertz CT molecular complexity index is 716. The van der Waals surface area contributed by atoms with Gasteiger partial charge in [-0.05, 0) is 51.2 Å². The summed E-state index contributed by atoms with van der Waals surface area (Å²) in [6.45, 7) is 4.33. The molecule has 23 heavy (non-hydrogen) atoms. The van der Waals surface area contributed by atoms with Gasteiger partial charge in [0.2, 0.25) is 15.9 Å². The van der Waals surface area contributed by atoms with Crippen molar-refractivity contribution in [3.8, 4) is 0 Å². The predicted molar refractivity (Wildman–Crippen MR) is 88.5 cm³/mol. The summed E-state index contributed by atoms with van der Waals surface area (Å²) >= 11 is 0. The number of piperidine rings is 1. The monoisotopic (exact) mass is 336 g/mol. The van der Waals surface area contributed by atoms with E-state index in [1.807, 2.05) is 26.0 Å². The molecular formula is C17H24N2O3S. The molecule has 126 valence electrons. The Morgan fingerprint density at radius 3 is 2.74 bits per heavy atom. The molecule has 0 radical (unpaired) electrons. The number of carbonyl (C=O) groups excluding carboxylic acids is 1. The van der Waals surface area contributed by atoms with Crippen LogP contribution in [0.25, 0.3) is 0 Å². The van der Waals surface area contributed by atoms with Crippen LogP contribution >= 0.6 is 0 Å². The molecule has 1 N–H and O–H groups in total. The van der Waals surface area contributed by atoms with Crippen LogP contribution in [0.15, 0.2) is 29.2 Å². The molecule has 0 bridgehead atoms. The predicted octanol–water partition coefficient (Wildman–Crippen LogP) is 2.21. The second kappa shape index (κ2) is 5.91. The Morgan fingerprint density at radius 2 is 2.00 bits per heavy atom. The van der Waals surface area contributed by atoms with Gasteiger partial charge in [0, 0.05) is 19.0 Å². The highest BCUT2D eigenvalue weighted by molar-refractivity contribution is 7.89. The lowest BCUT2D eigenvalue weighted by molar-refractivity contribution is -0.126. The minimum absolute atomic E-state index is 0.0267. The third kappa shape index (κ3) is 2.90. The number of amides is 1. The first-order valence-corrected chi connectivity index (χ1v) is 9.67. The summed E-state index contributed by atoms with van der Waals surface area (Å²) in [4.78, 5) is 12.2. The van der Waals surface area contributed by atoms with E-state index in [-0.39, 0.29) is 11.9 Å². The molecule has 2 saturated heterocycles. The lowest BCUT2D eigenvalue weighted by Crippen LogP contribution is -2.63. The zero-order valence-corrected chi connectivity index (χ0v) is 14.5. The normalized spacial score (nSPS) is 29.5. The third-order valence-electron chi connectivity index (χ3n) is 5.16. The summed E-state index contributed by atoms with van der Waals surface area (Å²) < 4.78 is 28.1. The number of aryl methyl sites for hydroxylation is 1. The summed E-state index contributed by atoms with van der Waals surface area (Å²) in [5.41, 5.74) is 0.292. The Balaban J connectivity index is 2.03. The van der Waals surface area contributed by atoms with Crippen LogP contribution in [0.1, 0.15) is 44.6 Å². The number of carbonyl (C=O) groups is 1. The highest BCUT2D eigenvalue weighted by Gasteiger charge is 2.47. The molecule has 6 heteroatoms. The maximum atomic E-state index is 13.3. The van der Waals surface area contributed by atoms with E-state index in [9.17, 15) is 13.2 Å². The molecule has 5 nitrogen and oxygen atoms in total. The van der Waals surface area contributed by atoms with E-state index < -0.39 is 15.6 Å². The first kappa shape index (κ1) is 16.5. The number of nitrogens with zero attached hydrogens (tertiary/aromatic N) is 1. The summed E-state index contributed by atoms with van der Waals surface area (Å²) in [6, 6.07) is 6.94. The number of hydrogen-bond acceptors (Lipinski definition) is 3. The van der Waals surface area contributed by atoms with Crippen LogP contribution in [0.4, 0.5) is 0 Å². The zero-order chi connectivity index (χ0) is 16.7. The molecule has 0 saturated carbocycles. The zero-order valence-electron chi connectivity index (χ0n) is 13.7. The van der Waals surface area contributed by atoms with Gasteiger partial charge >= 0.3 is 0 Å². The first-order valence-electron chi connectivity index (χ1n) is 8.23. The van der Waals surface area contributed by atoms with Gasteiger partial charge in [-0.3, -0.25) is 4.79 Å². The third-order valence-corrected chi connectivity index (χ3v) is 7.23. The Hall–Kier alpha value is -1.40. The van der Waals surface area contributed by atoms with Gasteiger partial charge in [0.25, 0.3) is 0 Å². The molecule has 0 aliphatic carbocycles. The van der Waals surface area contributed by atoms with Crippen molar-refractivity contribution in [1.82, 2.24) is 9.62 Å². The van der Waals surface area contributed by atoms with Crippen LogP contribution in [0, 0.1) is 6.92 Å². The van der Waals surface area contributed by atoms with Crippen LogP contribution < -0.4 is 5.32 Å². The number of benzene rings is 1. The van der Waals surface area contributed by atoms with E-state index in [4.69, 9.17) is 0 Å². The molecule has 3 rings (SSSR count). The summed E-state index contributed by atoms with van der Waals surface area (Å²) in [7, 11) is -3.56. The lowest BCUT2D eigenvalue weighted by Gasteiger charge is -2.45. The van der Waals surface area contributed by atoms with Crippen LogP contribution in [0.3, 0.4) is 0 Å². The molecule has 0 spiro atoms. The Morgan fingerprint density at radius 1 is 1.26 bits per heavy atom. The van der Waals surface area contributed by atoms with Gasteiger partial charge in [-0.15, -0.1) is 0 Å². The maximum absolute atomic E-state index is 13.3. The fraction of sp³-hybridized carbons (Fsp3) is 0.588. The van der Waals surface area contributed by atoms with Gasteiger partial charge in [0.05, 0.1) is 10.4 Å². The Labute approximate surface area is 138 Å². The van der Waals surface area contributed by atoms with Gasteiger partial charge in [-0.2, -0.15) is 4.31 Å². The fourth-order valence-electron chi connectivity index (χ4n) is 3.92. The number of nitrogens with one attached hydrogen (secondary N) is 1. The van der Waals surface area contributed by atoms with Crippen molar-refractivity contribution in [3.05, 3.63) is 29.8 Å². The molecule has 2 atom stereocenters. The topological polar surface area (TPSA) is 66.5 Å². The van der Waals surface area contributed by atoms with E-state index in [1.165, 1.54) is 0 Å². The van der Waals surface area contributed by atoms with Gasteiger partial charge in [0.1, 0.15) is 0 Å². The molecule has 1 aromatic rings. The van der Waals surface area contributed by atoms with Crippen molar-refractivity contribution in [2.24, 2.45) is 0 Å². The van der Waals surface area contributed by atoms with E-state index in [0.29, 0.717) is 24.3 Å². The van der Waals surface area contributed by atoms with Crippen LogP contribution in [0.5, 0.6) is 0 Å². The summed E-state index contributed by atoms with van der Waals surface area (Å²) in [5.74, 6) is 0.0267. The number of rotatable bonds is 2. The smallest absolute Gasteiger partial charge is 0.243 e. The average Bonchev–Trinajstić information content (AvgIpc) is 2.65. The largest absolute Gasteiger partial charge is 0.349 e. The van der Waals surface area contributed by atoms with E-state index in [2.05, 4.69) is 5.32 Å². The summed E-state index contributed by atoms with van der Waals surface area (Å²) in [6.07, 6.45) is 3.55. The van der Waals surface area contributed by atoms with Crippen molar-refractivity contribution in [2.45, 2.75) is 62.4 Å². The highest BCUT2D eigenvalue weighted by Crippen LogP contribution is 2.36. The Kier molecular flexibility index (Phi) is 4.23. The molecule has 1 aromatic carbocycles. The molecular weight excluding hydrogens is 312 g/mol. The van der Waals surface area contributed by atoms with Crippen molar-refractivity contribution in [2.75, 3.05) is 6.54 Å². The van der Waals surface area contributed by atoms with Crippen molar-refractivity contribution in [3.63, 3.8) is 0 Å². The van der Waals surface area contributed by atoms with E-state index >= 15 is 0 Å². The van der Waals surface area contributed by atoms with Crippen molar-refractivity contribution in [1.29, 1.82) is 0 Å². The molecule has 0 aromatic heterocycles. The van der Waals surface area contributed by atoms with Gasteiger partial charge in [-0.25, -0.2) is 8.42 Å². The average molecular weight is 336 g/mol. The van der Waals surface area contributed by atoms with Crippen molar-refractivity contribution < 1.29 is 13.2 Å². The minimum Gasteiger partial charge on any atom is -0.349 e. The number of hydrogen-bond donors (Lipinski definition) is 1. The fourth-order valence-corrected chi connectivity index (χ4v) is 5.94. The van der Waals surface area contributed by atoms with E-state index in [1.54, 1.807) is 16.4 Å². The minimum atomic E-state index is -3.56. The van der Waals surface area contributed by atoms with Gasteiger partial charge in [0.15, 0.2) is 0 Å². The molecule has 1 amide bonds. The molecule has 2 heterocycles. The quantitative estimate of drug-likeness (QED) is 0.900. The van der Waals surface area contributed by atoms with Gasteiger partial charge in [-0.1, -0.05) is 18.2 Å². The van der Waals surface area contributed by atoms with E-state index in [0.717, 1.165) is 24.8 Å². The second-order valence-corrected chi connectivity index (χ2v) is 8.72. The number of sulfonamides is 1. The maximum Gasteiger partial charge on any atom is 0.243 e. The molecule has 2 fully saturated rings. The van der Waals surface area contributed by atoms with Crippen LogP contribution in [0.2, 0.25) is 0 Å². The first-order chi connectivity index (χ1) is 10.8. The lowest BCUT2D eigenvalue weighted by atomic mass is 9.82. The SMILES string of the molecule is Cc1ccccc1S(=O)(=O)N1CCCC[C@]2(C)NC(=O)CC[C@H]12. The van der Waals surface area contributed by atoms with Crippen LogP contribution in [-0.4, -0.2) is 36.8 Å². The molecule has 2 aliphatic rings. The van der Waals surface area contributed by atoms with Crippen molar-refractivity contribution >= 4 is 15.9 Å². The summed E-state index contributed by atoms with van der Waals surface area (Å²) in [5, 5.41) is 3.06. The standard InChI is InChI=1S/C17H24N2O3S/c1-13-7-3-4-8-14(13)23(21,22)19-12-6-5-11-17(2)15(19)9-10-16(20)18-17/h3-4,7-8,15H,5-6,9-12H2,1-2H3,(H,18,20)/t15-,17-/m0/s1.